The van der Waals surface area contributed by atoms with E-state index in [-0.39, 0.29) is 12.1 Å². The van der Waals surface area contributed by atoms with E-state index in [0.717, 1.165) is 23.5 Å². The first-order chi connectivity index (χ1) is 10.7. The van der Waals surface area contributed by atoms with Crippen molar-refractivity contribution < 1.29 is 9.47 Å². The molecule has 2 unspecified atom stereocenters. The Kier molecular flexibility index (Phi) is 4.20. The predicted molar refractivity (Wildman–Crippen MR) is 88.7 cm³/mol. The van der Waals surface area contributed by atoms with Crippen LogP contribution in [0.5, 0.6) is 11.5 Å². The average Bonchev–Trinajstić information content (AvgIpc) is 3.08. The molecular formula is C16H19N3O2S. The summed E-state index contributed by atoms with van der Waals surface area (Å²) >= 11 is 1.72. The zero-order chi connectivity index (χ0) is 15.5. The van der Waals surface area contributed by atoms with Gasteiger partial charge in [-0.25, -0.2) is 4.99 Å². The maximum atomic E-state index is 5.99. The van der Waals surface area contributed by atoms with E-state index >= 15 is 0 Å². The maximum Gasteiger partial charge on any atom is 0.189 e. The van der Waals surface area contributed by atoms with Crippen LogP contribution in [-0.2, 0) is 0 Å². The van der Waals surface area contributed by atoms with Crippen molar-refractivity contribution in [2.24, 2.45) is 10.7 Å². The number of nitrogens with two attached hydrogens (primary N) is 1. The molecule has 1 aromatic carbocycles. The van der Waals surface area contributed by atoms with E-state index in [1.54, 1.807) is 25.6 Å². The molecule has 0 amide bonds. The fraction of sp³-hybridized carbons (Fsp3) is 0.312. The molecule has 3 rings (SSSR count). The molecular weight excluding hydrogens is 298 g/mol. The van der Waals surface area contributed by atoms with Crippen LogP contribution in [0, 0.1) is 0 Å². The lowest BCUT2D eigenvalue weighted by Crippen LogP contribution is -2.39. The number of rotatable bonds is 4. The molecule has 116 valence electrons. The lowest BCUT2D eigenvalue weighted by molar-refractivity contribution is 0.389. The largest absolute Gasteiger partial charge is 0.497 e. The summed E-state index contributed by atoms with van der Waals surface area (Å²) in [6.07, 6.45) is 0.824. The lowest BCUT2D eigenvalue weighted by Gasteiger charge is -2.28. The van der Waals surface area contributed by atoms with Crippen LogP contribution >= 0.6 is 11.3 Å². The second-order valence-corrected chi connectivity index (χ2v) is 6.07. The molecule has 5 nitrogen and oxygen atoms in total. The van der Waals surface area contributed by atoms with Gasteiger partial charge in [0, 0.05) is 10.4 Å². The number of nitrogens with one attached hydrogen (secondary N) is 1. The van der Waals surface area contributed by atoms with Crippen LogP contribution in [0.25, 0.3) is 0 Å². The number of methoxy groups -OCH3 is 2. The molecule has 0 fully saturated rings. The normalized spacial score (nSPS) is 20.9. The van der Waals surface area contributed by atoms with Crippen LogP contribution in [0.4, 0.5) is 0 Å². The molecule has 1 aromatic heterocycles. The number of ether oxygens (including phenoxy) is 2. The number of aliphatic imine (C=N–C) groups is 1. The molecule has 0 saturated carbocycles. The first-order valence-electron chi connectivity index (χ1n) is 7.06. The number of hydrogen-bond donors (Lipinski definition) is 2. The Balaban J connectivity index is 1.95. The topological polar surface area (TPSA) is 68.9 Å². The third-order valence-electron chi connectivity index (χ3n) is 3.76. The average molecular weight is 317 g/mol. The van der Waals surface area contributed by atoms with E-state index in [9.17, 15) is 0 Å². The van der Waals surface area contributed by atoms with Crippen molar-refractivity contribution in [3.8, 4) is 11.5 Å². The molecule has 0 saturated heterocycles. The molecule has 22 heavy (non-hydrogen) atoms. The molecule has 0 spiro atoms. The molecule has 3 N–H and O–H groups in total. The third kappa shape index (κ3) is 2.87. The summed E-state index contributed by atoms with van der Waals surface area (Å²) in [6, 6.07) is 10.0. The van der Waals surface area contributed by atoms with E-state index in [1.807, 2.05) is 24.3 Å². The molecule has 1 aliphatic rings. The van der Waals surface area contributed by atoms with Gasteiger partial charge in [-0.05, 0) is 36.1 Å². The smallest absolute Gasteiger partial charge is 0.189 e. The van der Waals surface area contributed by atoms with Crippen molar-refractivity contribution in [3.05, 3.63) is 46.2 Å². The minimum absolute atomic E-state index is 0.0570. The summed E-state index contributed by atoms with van der Waals surface area (Å²) < 4.78 is 10.8. The number of guanidine groups is 1. The zero-order valence-electron chi connectivity index (χ0n) is 12.6. The van der Waals surface area contributed by atoms with Crippen LogP contribution in [-0.4, -0.2) is 20.2 Å². The summed E-state index contributed by atoms with van der Waals surface area (Å²) in [5.41, 5.74) is 6.99. The molecule has 0 radical (unpaired) electrons. The van der Waals surface area contributed by atoms with Gasteiger partial charge in [0.1, 0.15) is 11.5 Å². The highest BCUT2D eigenvalue weighted by Gasteiger charge is 2.27. The highest BCUT2D eigenvalue weighted by molar-refractivity contribution is 7.10. The van der Waals surface area contributed by atoms with Gasteiger partial charge in [0.15, 0.2) is 5.96 Å². The Hall–Kier alpha value is -2.21. The van der Waals surface area contributed by atoms with Crippen molar-refractivity contribution in [1.82, 2.24) is 5.32 Å². The molecule has 2 aromatic rings. The van der Waals surface area contributed by atoms with Gasteiger partial charge in [0.25, 0.3) is 0 Å². The Morgan fingerprint density at radius 2 is 2.14 bits per heavy atom. The number of thiophene rings is 1. The monoisotopic (exact) mass is 317 g/mol. The van der Waals surface area contributed by atoms with E-state index in [0.29, 0.717) is 5.96 Å². The van der Waals surface area contributed by atoms with Crippen LogP contribution in [0.15, 0.2) is 40.7 Å². The highest BCUT2D eigenvalue weighted by Crippen LogP contribution is 2.39. The number of nitrogens with zero attached hydrogens (tertiary/aromatic N) is 1. The molecule has 0 bridgehead atoms. The van der Waals surface area contributed by atoms with Crippen LogP contribution in [0.2, 0.25) is 0 Å². The van der Waals surface area contributed by atoms with Crippen molar-refractivity contribution in [3.63, 3.8) is 0 Å². The minimum atomic E-state index is -0.0570. The number of benzene rings is 1. The van der Waals surface area contributed by atoms with Gasteiger partial charge < -0.3 is 20.5 Å². The van der Waals surface area contributed by atoms with Gasteiger partial charge in [-0.15, -0.1) is 11.3 Å². The Bertz CT molecular complexity index is 670. The summed E-state index contributed by atoms with van der Waals surface area (Å²) in [6.45, 7) is 0. The predicted octanol–water partition coefficient (Wildman–Crippen LogP) is 2.86. The summed E-state index contributed by atoms with van der Waals surface area (Å²) in [5, 5.41) is 5.32. The van der Waals surface area contributed by atoms with Crippen LogP contribution in [0.3, 0.4) is 0 Å². The Morgan fingerprint density at radius 3 is 2.82 bits per heavy atom. The first-order valence-corrected chi connectivity index (χ1v) is 7.94. The minimum Gasteiger partial charge on any atom is -0.497 e. The molecule has 0 aliphatic carbocycles. The summed E-state index contributed by atoms with van der Waals surface area (Å²) in [7, 11) is 3.32. The van der Waals surface area contributed by atoms with E-state index in [1.165, 1.54) is 4.88 Å². The maximum absolute atomic E-state index is 5.99. The standard InChI is InChI=1S/C16H19N3O2S/c1-20-10-5-6-14(21-2)11(8-10)12-9-13(19-16(17)18-12)15-4-3-7-22-15/h3-8,12-13H,9H2,1-2H3,(H3,17,18,19). The van der Waals surface area contributed by atoms with Crippen molar-refractivity contribution in [2.45, 2.75) is 18.5 Å². The van der Waals surface area contributed by atoms with E-state index < -0.39 is 0 Å². The molecule has 1 aliphatic heterocycles. The van der Waals surface area contributed by atoms with Gasteiger partial charge in [-0.1, -0.05) is 6.07 Å². The zero-order valence-corrected chi connectivity index (χ0v) is 13.4. The van der Waals surface area contributed by atoms with E-state index in [4.69, 9.17) is 15.2 Å². The van der Waals surface area contributed by atoms with Gasteiger partial charge in [-0.3, -0.25) is 0 Å². The summed E-state index contributed by atoms with van der Waals surface area (Å²) in [5.74, 6) is 2.05. The van der Waals surface area contributed by atoms with Gasteiger partial charge in [0.05, 0.1) is 26.3 Å². The Labute approximate surface area is 133 Å². The highest BCUT2D eigenvalue weighted by atomic mass is 32.1. The van der Waals surface area contributed by atoms with Gasteiger partial charge in [-0.2, -0.15) is 0 Å². The molecule has 6 heteroatoms. The fourth-order valence-electron chi connectivity index (χ4n) is 2.69. The van der Waals surface area contributed by atoms with Crippen LogP contribution in [0.1, 0.15) is 28.9 Å². The van der Waals surface area contributed by atoms with Gasteiger partial charge >= 0.3 is 0 Å². The quantitative estimate of drug-likeness (QED) is 0.910. The van der Waals surface area contributed by atoms with Crippen LogP contribution < -0.4 is 20.5 Å². The lowest BCUT2D eigenvalue weighted by atomic mass is 9.96. The van der Waals surface area contributed by atoms with Crippen molar-refractivity contribution >= 4 is 17.3 Å². The third-order valence-corrected chi connectivity index (χ3v) is 4.74. The second kappa shape index (κ2) is 6.27. The fourth-order valence-corrected chi connectivity index (χ4v) is 3.48. The summed E-state index contributed by atoms with van der Waals surface area (Å²) in [4.78, 5) is 5.80. The van der Waals surface area contributed by atoms with Crippen molar-refractivity contribution in [1.29, 1.82) is 0 Å². The SMILES string of the molecule is COc1ccc(OC)c(C2CC(c3cccs3)NC(N)=N2)c1. The molecule has 2 atom stereocenters. The second-order valence-electron chi connectivity index (χ2n) is 5.09. The van der Waals surface area contributed by atoms with E-state index in [2.05, 4.69) is 21.8 Å². The first kappa shape index (κ1) is 14.7. The van der Waals surface area contributed by atoms with Crippen molar-refractivity contribution in [2.75, 3.05) is 14.2 Å². The molecule has 2 heterocycles. The number of hydrogen-bond acceptors (Lipinski definition) is 6. The Morgan fingerprint density at radius 1 is 1.27 bits per heavy atom. The van der Waals surface area contributed by atoms with Gasteiger partial charge in [0.2, 0.25) is 0 Å².